The van der Waals surface area contributed by atoms with Gasteiger partial charge in [-0.15, -0.1) is 0 Å². The minimum atomic E-state index is -0.777. The Morgan fingerprint density at radius 3 is 1.13 bits per heavy atom. The van der Waals surface area contributed by atoms with Crippen molar-refractivity contribution in [2.24, 2.45) is 0 Å². The lowest BCUT2D eigenvalue weighted by Crippen LogP contribution is -2.46. The predicted octanol–water partition coefficient (Wildman–Crippen LogP) is 14.0. The smallest absolute Gasteiger partial charge is 0.306 e. The summed E-state index contributed by atoms with van der Waals surface area (Å²) >= 11 is 0. The van der Waals surface area contributed by atoms with Crippen molar-refractivity contribution in [2.75, 3.05) is 6.61 Å². The predicted molar refractivity (Wildman–Crippen MR) is 232 cm³/mol. The van der Waals surface area contributed by atoms with E-state index in [1.807, 2.05) is 0 Å². The highest BCUT2D eigenvalue weighted by Crippen LogP contribution is 2.18. The Labute approximate surface area is 336 Å². The molecule has 0 aromatic heterocycles. The van der Waals surface area contributed by atoms with Crippen LogP contribution >= 0.6 is 0 Å². The van der Waals surface area contributed by atoms with Gasteiger partial charge in [-0.1, -0.05) is 233 Å². The van der Waals surface area contributed by atoms with E-state index < -0.39 is 18.2 Å². The molecule has 0 aliphatic heterocycles. The molecule has 0 fully saturated rings. The molecule has 54 heavy (non-hydrogen) atoms. The zero-order valence-electron chi connectivity index (χ0n) is 36.6. The number of esters is 1. The standard InChI is InChI=1S/C48H95NO5/c1-4-7-10-13-16-19-22-25-27-30-33-36-39-44(54-48(53)41-38-35-32-29-26-23-20-17-14-11-8-5-2)42-47(52)49-45(43-50)46(51)40-37-34-31-28-24-21-18-15-12-9-6-3/h44-46,50-51H,4-43H2,1-3H3,(H,49,52). The molecule has 0 aromatic rings. The maximum Gasteiger partial charge on any atom is 0.306 e. The molecule has 1 amide bonds. The third kappa shape index (κ3) is 37.8. The molecule has 6 heteroatoms. The third-order valence-electron chi connectivity index (χ3n) is 11.4. The van der Waals surface area contributed by atoms with E-state index in [9.17, 15) is 19.8 Å². The van der Waals surface area contributed by atoms with Crippen molar-refractivity contribution in [3.05, 3.63) is 0 Å². The molecule has 3 N–H and O–H groups in total. The van der Waals surface area contributed by atoms with Gasteiger partial charge in [0.25, 0.3) is 0 Å². The number of rotatable bonds is 44. The summed E-state index contributed by atoms with van der Waals surface area (Å²) in [6.45, 7) is 6.49. The quantitative estimate of drug-likeness (QED) is 0.0424. The van der Waals surface area contributed by atoms with E-state index in [1.54, 1.807) is 0 Å². The first-order valence-electron chi connectivity index (χ1n) is 24.3. The van der Waals surface area contributed by atoms with Crippen LogP contribution in [0.3, 0.4) is 0 Å². The number of aliphatic hydroxyl groups excluding tert-OH is 2. The summed E-state index contributed by atoms with van der Waals surface area (Å²) in [5, 5.41) is 23.7. The van der Waals surface area contributed by atoms with Crippen LogP contribution in [0.1, 0.15) is 271 Å². The number of amides is 1. The Hall–Kier alpha value is -1.14. The van der Waals surface area contributed by atoms with Crippen LogP contribution in [-0.2, 0) is 14.3 Å². The van der Waals surface area contributed by atoms with Crippen molar-refractivity contribution in [1.82, 2.24) is 5.32 Å². The van der Waals surface area contributed by atoms with Gasteiger partial charge >= 0.3 is 5.97 Å². The topological polar surface area (TPSA) is 95.9 Å². The maximum atomic E-state index is 13.1. The fourth-order valence-electron chi connectivity index (χ4n) is 7.73. The first-order chi connectivity index (χ1) is 26.5. The largest absolute Gasteiger partial charge is 0.462 e. The van der Waals surface area contributed by atoms with Crippen molar-refractivity contribution in [3.63, 3.8) is 0 Å². The molecular formula is C48H95NO5. The molecule has 0 bridgehead atoms. The van der Waals surface area contributed by atoms with E-state index in [0.717, 1.165) is 44.9 Å². The molecular weight excluding hydrogens is 671 g/mol. The summed E-state index contributed by atoms with van der Waals surface area (Å²) < 4.78 is 5.92. The van der Waals surface area contributed by atoms with Crippen LogP contribution < -0.4 is 5.32 Å². The molecule has 6 nitrogen and oxygen atoms in total. The summed E-state index contributed by atoms with van der Waals surface area (Å²) in [6, 6.07) is -0.690. The van der Waals surface area contributed by atoms with Gasteiger partial charge in [0.1, 0.15) is 6.10 Å². The number of nitrogens with one attached hydrogen (secondary N) is 1. The molecule has 0 heterocycles. The van der Waals surface area contributed by atoms with E-state index in [4.69, 9.17) is 4.74 Å². The van der Waals surface area contributed by atoms with Crippen molar-refractivity contribution >= 4 is 11.9 Å². The molecule has 0 saturated heterocycles. The van der Waals surface area contributed by atoms with E-state index in [-0.39, 0.29) is 24.9 Å². The second-order valence-corrected chi connectivity index (χ2v) is 16.9. The number of hydrogen-bond donors (Lipinski definition) is 3. The van der Waals surface area contributed by atoms with Crippen molar-refractivity contribution in [1.29, 1.82) is 0 Å². The highest BCUT2D eigenvalue weighted by molar-refractivity contribution is 5.77. The molecule has 0 aromatic carbocycles. The van der Waals surface area contributed by atoms with Crippen LogP contribution in [0.5, 0.6) is 0 Å². The Balaban J connectivity index is 4.53. The second kappa shape index (κ2) is 43.0. The molecule has 0 aliphatic carbocycles. The third-order valence-corrected chi connectivity index (χ3v) is 11.4. The van der Waals surface area contributed by atoms with Crippen molar-refractivity contribution in [3.8, 4) is 0 Å². The van der Waals surface area contributed by atoms with Gasteiger partial charge in [-0.05, 0) is 25.7 Å². The lowest BCUT2D eigenvalue weighted by Gasteiger charge is -2.24. The van der Waals surface area contributed by atoms with Gasteiger partial charge in [-0.25, -0.2) is 0 Å². The summed E-state index contributed by atoms with van der Waals surface area (Å²) in [7, 11) is 0. The maximum absolute atomic E-state index is 13.1. The van der Waals surface area contributed by atoms with E-state index >= 15 is 0 Å². The average molecular weight is 766 g/mol. The molecule has 0 spiro atoms. The Morgan fingerprint density at radius 1 is 0.463 bits per heavy atom. The zero-order chi connectivity index (χ0) is 39.6. The highest BCUT2D eigenvalue weighted by atomic mass is 16.5. The summed E-state index contributed by atoms with van der Waals surface area (Å²) in [6.07, 6.45) is 44.4. The van der Waals surface area contributed by atoms with Crippen LogP contribution in [0.25, 0.3) is 0 Å². The Morgan fingerprint density at radius 2 is 0.778 bits per heavy atom. The summed E-state index contributed by atoms with van der Waals surface area (Å²) in [5.74, 6) is -0.455. The first kappa shape index (κ1) is 52.9. The van der Waals surface area contributed by atoms with Crippen LogP contribution in [0.4, 0.5) is 0 Å². The fraction of sp³-hybridized carbons (Fsp3) is 0.958. The molecule has 0 saturated carbocycles. The minimum Gasteiger partial charge on any atom is -0.462 e. The molecule has 0 rings (SSSR count). The van der Waals surface area contributed by atoms with Gasteiger partial charge in [0.15, 0.2) is 0 Å². The fourth-order valence-corrected chi connectivity index (χ4v) is 7.73. The van der Waals surface area contributed by atoms with Gasteiger partial charge in [0, 0.05) is 6.42 Å². The molecule has 0 radical (unpaired) electrons. The lowest BCUT2D eigenvalue weighted by molar-refractivity contribution is -0.151. The lowest BCUT2D eigenvalue weighted by atomic mass is 10.0. The minimum absolute atomic E-state index is 0.0872. The van der Waals surface area contributed by atoms with Gasteiger partial charge in [0.2, 0.25) is 5.91 Å². The molecule has 3 unspecified atom stereocenters. The highest BCUT2D eigenvalue weighted by Gasteiger charge is 2.24. The SMILES string of the molecule is CCCCCCCCCCCCCCC(=O)OC(CCCCCCCCCCCCCC)CC(=O)NC(CO)C(O)CCCCCCCCCCCCC. The summed E-state index contributed by atoms with van der Waals surface area (Å²) in [4.78, 5) is 26.0. The number of carbonyl (C=O) groups is 2. The Bertz CT molecular complexity index is 776. The monoisotopic (exact) mass is 766 g/mol. The van der Waals surface area contributed by atoms with Crippen molar-refractivity contribution < 1.29 is 24.5 Å². The van der Waals surface area contributed by atoms with E-state index in [2.05, 4.69) is 26.1 Å². The van der Waals surface area contributed by atoms with Gasteiger partial charge < -0.3 is 20.3 Å². The number of hydrogen-bond acceptors (Lipinski definition) is 5. The van der Waals surface area contributed by atoms with Gasteiger partial charge in [-0.2, -0.15) is 0 Å². The van der Waals surface area contributed by atoms with E-state index in [1.165, 1.54) is 180 Å². The first-order valence-corrected chi connectivity index (χ1v) is 24.3. The second-order valence-electron chi connectivity index (χ2n) is 16.9. The number of aliphatic hydroxyl groups is 2. The normalized spacial score (nSPS) is 13.2. The van der Waals surface area contributed by atoms with Crippen LogP contribution in [0, 0.1) is 0 Å². The molecule has 0 aliphatic rings. The zero-order valence-corrected chi connectivity index (χ0v) is 36.6. The Kier molecular flexibility index (Phi) is 42.1. The van der Waals surface area contributed by atoms with Crippen molar-refractivity contribution in [2.45, 2.75) is 289 Å². The molecule has 3 atom stereocenters. The molecule has 322 valence electrons. The van der Waals surface area contributed by atoms with Gasteiger partial charge in [-0.3, -0.25) is 9.59 Å². The number of carbonyl (C=O) groups excluding carboxylic acids is 2. The van der Waals surface area contributed by atoms with E-state index in [0.29, 0.717) is 19.3 Å². The van der Waals surface area contributed by atoms with Crippen LogP contribution in [-0.4, -0.2) is 46.9 Å². The van der Waals surface area contributed by atoms with Gasteiger partial charge in [0.05, 0.1) is 25.2 Å². The summed E-state index contributed by atoms with van der Waals surface area (Å²) in [5.41, 5.74) is 0. The average Bonchev–Trinajstić information content (AvgIpc) is 3.16. The number of unbranched alkanes of at least 4 members (excludes halogenated alkanes) is 32. The van der Waals surface area contributed by atoms with Crippen LogP contribution in [0.15, 0.2) is 0 Å². The van der Waals surface area contributed by atoms with Crippen LogP contribution in [0.2, 0.25) is 0 Å². The number of ether oxygens (including phenoxy) is 1.